The van der Waals surface area contributed by atoms with Crippen LogP contribution in [0, 0.1) is 5.41 Å². The third-order valence-electron chi connectivity index (χ3n) is 2.39. The normalized spacial score (nSPS) is 23.1. The Labute approximate surface area is 71.9 Å². The predicted molar refractivity (Wildman–Crippen MR) is 43.9 cm³/mol. The van der Waals surface area contributed by atoms with E-state index in [0.29, 0.717) is 13.2 Å². The fraction of sp³-hybridized carbons (Fsp3) is 0.875. The molecule has 1 aliphatic heterocycles. The van der Waals surface area contributed by atoms with E-state index in [1.54, 1.807) is 0 Å². The van der Waals surface area contributed by atoms with Gasteiger partial charge in [0.15, 0.2) is 5.78 Å². The molecule has 0 aromatic rings. The number of carbonyl (C=O) groups excluding carboxylic acids is 1. The molecule has 0 unspecified atom stereocenters. The molecule has 3 heteroatoms. The molecule has 0 aromatic heterocycles. The quantitative estimate of drug-likeness (QED) is 0.598. The first kappa shape index (κ1) is 9.01. The lowest BCUT2D eigenvalue weighted by Gasteiger charge is -2.31. The fourth-order valence-electron chi connectivity index (χ4n) is 1.26. The first-order chi connectivity index (χ1) is 5.19. The molecule has 1 fully saturated rings. The maximum Gasteiger partial charge on any atom is 0.153 e. The standard InChI is InChI=1S/C8H13ClO2/c1-8(7(10)6-9)2-4-11-5-3-8/h2-6H2,1H3. The summed E-state index contributed by atoms with van der Waals surface area (Å²) in [6.07, 6.45) is 1.64. The van der Waals surface area contributed by atoms with Gasteiger partial charge in [-0.1, -0.05) is 6.92 Å². The molecule has 0 aromatic carbocycles. The van der Waals surface area contributed by atoms with E-state index in [4.69, 9.17) is 16.3 Å². The Morgan fingerprint density at radius 3 is 2.55 bits per heavy atom. The molecule has 0 radical (unpaired) electrons. The maximum atomic E-state index is 11.3. The van der Waals surface area contributed by atoms with Crippen molar-refractivity contribution in [3.8, 4) is 0 Å². The van der Waals surface area contributed by atoms with E-state index >= 15 is 0 Å². The first-order valence-electron chi connectivity index (χ1n) is 3.86. The van der Waals surface area contributed by atoms with Crippen LogP contribution in [0.1, 0.15) is 19.8 Å². The van der Waals surface area contributed by atoms with Gasteiger partial charge in [-0.2, -0.15) is 0 Å². The summed E-state index contributed by atoms with van der Waals surface area (Å²) >= 11 is 5.48. The molecule has 0 spiro atoms. The zero-order valence-electron chi connectivity index (χ0n) is 6.73. The van der Waals surface area contributed by atoms with E-state index in [1.165, 1.54) is 0 Å². The van der Waals surface area contributed by atoms with Crippen molar-refractivity contribution < 1.29 is 9.53 Å². The number of carbonyl (C=O) groups is 1. The van der Waals surface area contributed by atoms with Gasteiger partial charge in [-0.3, -0.25) is 4.79 Å². The summed E-state index contributed by atoms with van der Waals surface area (Å²) in [5.74, 6) is 0.290. The summed E-state index contributed by atoms with van der Waals surface area (Å²) in [5.41, 5.74) is -0.208. The highest BCUT2D eigenvalue weighted by atomic mass is 35.5. The molecule has 1 heterocycles. The summed E-state index contributed by atoms with van der Waals surface area (Å²) in [6, 6.07) is 0. The second kappa shape index (κ2) is 3.55. The van der Waals surface area contributed by atoms with Crippen LogP contribution in [0.25, 0.3) is 0 Å². The van der Waals surface area contributed by atoms with Gasteiger partial charge in [0, 0.05) is 18.6 Å². The minimum absolute atomic E-state index is 0.135. The van der Waals surface area contributed by atoms with Crippen molar-refractivity contribution in [2.75, 3.05) is 19.1 Å². The molecular weight excluding hydrogens is 164 g/mol. The van der Waals surface area contributed by atoms with Crippen LogP contribution in [0.2, 0.25) is 0 Å². The topological polar surface area (TPSA) is 26.3 Å². The van der Waals surface area contributed by atoms with Crippen LogP contribution in [0.5, 0.6) is 0 Å². The molecule has 2 nitrogen and oxygen atoms in total. The van der Waals surface area contributed by atoms with Crippen molar-refractivity contribution in [1.82, 2.24) is 0 Å². The zero-order chi connectivity index (χ0) is 8.32. The van der Waals surface area contributed by atoms with Crippen LogP contribution < -0.4 is 0 Å². The minimum atomic E-state index is -0.208. The Kier molecular flexibility index (Phi) is 2.90. The van der Waals surface area contributed by atoms with E-state index in [1.807, 2.05) is 6.92 Å². The maximum absolute atomic E-state index is 11.3. The smallest absolute Gasteiger partial charge is 0.153 e. The van der Waals surface area contributed by atoms with E-state index in [-0.39, 0.29) is 17.1 Å². The molecule has 0 amide bonds. The van der Waals surface area contributed by atoms with Gasteiger partial charge in [0.2, 0.25) is 0 Å². The Morgan fingerprint density at radius 1 is 1.55 bits per heavy atom. The highest BCUT2D eigenvalue weighted by Gasteiger charge is 2.33. The number of halogens is 1. The fourth-order valence-corrected chi connectivity index (χ4v) is 1.58. The van der Waals surface area contributed by atoms with Gasteiger partial charge in [-0.25, -0.2) is 0 Å². The van der Waals surface area contributed by atoms with Gasteiger partial charge in [0.25, 0.3) is 0 Å². The molecule has 0 bridgehead atoms. The summed E-state index contributed by atoms with van der Waals surface area (Å²) in [4.78, 5) is 11.3. The van der Waals surface area contributed by atoms with E-state index in [2.05, 4.69) is 0 Å². The summed E-state index contributed by atoms with van der Waals surface area (Å²) in [7, 11) is 0. The molecule has 1 aliphatic rings. The van der Waals surface area contributed by atoms with E-state index in [9.17, 15) is 4.79 Å². The van der Waals surface area contributed by atoms with E-state index < -0.39 is 0 Å². The first-order valence-corrected chi connectivity index (χ1v) is 4.39. The average Bonchev–Trinajstić information content (AvgIpc) is 2.04. The molecule has 64 valence electrons. The van der Waals surface area contributed by atoms with Crippen LogP contribution in [0.15, 0.2) is 0 Å². The van der Waals surface area contributed by atoms with Crippen molar-refractivity contribution >= 4 is 17.4 Å². The molecular formula is C8H13ClO2. The largest absolute Gasteiger partial charge is 0.381 e. The highest BCUT2D eigenvalue weighted by Crippen LogP contribution is 2.30. The van der Waals surface area contributed by atoms with Crippen LogP contribution >= 0.6 is 11.6 Å². The molecule has 0 N–H and O–H groups in total. The lowest BCUT2D eigenvalue weighted by Crippen LogP contribution is -2.35. The number of rotatable bonds is 2. The Morgan fingerprint density at radius 2 is 2.09 bits per heavy atom. The van der Waals surface area contributed by atoms with Gasteiger partial charge in [-0.15, -0.1) is 11.6 Å². The SMILES string of the molecule is CC1(C(=O)CCl)CCOCC1. The number of hydrogen-bond acceptors (Lipinski definition) is 2. The van der Waals surface area contributed by atoms with Crippen molar-refractivity contribution in [1.29, 1.82) is 0 Å². The van der Waals surface area contributed by atoms with Gasteiger partial charge in [0.05, 0.1) is 5.88 Å². The summed E-state index contributed by atoms with van der Waals surface area (Å²) in [5, 5.41) is 0. The number of alkyl halides is 1. The van der Waals surface area contributed by atoms with Crippen molar-refractivity contribution in [3.63, 3.8) is 0 Å². The van der Waals surface area contributed by atoms with Gasteiger partial charge in [0.1, 0.15) is 0 Å². The monoisotopic (exact) mass is 176 g/mol. The zero-order valence-corrected chi connectivity index (χ0v) is 7.49. The molecule has 1 rings (SSSR count). The third-order valence-corrected chi connectivity index (χ3v) is 2.63. The van der Waals surface area contributed by atoms with Crippen LogP contribution in [-0.2, 0) is 9.53 Å². The van der Waals surface area contributed by atoms with Crippen molar-refractivity contribution in [2.24, 2.45) is 5.41 Å². The predicted octanol–water partition coefficient (Wildman–Crippen LogP) is 1.61. The minimum Gasteiger partial charge on any atom is -0.381 e. The number of ether oxygens (including phenoxy) is 1. The molecule has 1 saturated heterocycles. The van der Waals surface area contributed by atoms with Crippen molar-refractivity contribution in [3.05, 3.63) is 0 Å². The highest BCUT2D eigenvalue weighted by molar-refractivity contribution is 6.28. The lowest BCUT2D eigenvalue weighted by molar-refractivity contribution is -0.130. The summed E-state index contributed by atoms with van der Waals surface area (Å²) < 4.78 is 5.16. The summed E-state index contributed by atoms with van der Waals surface area (Å²) in [6.45, 7) is 3.36. The Bertz CT molecular complexity index is 150. The number of hydrogen-bond donors (Lipinski definition) is 0. The molecule has 0 saturated carbocycles. The van der Waals surface area contributed by atoms with Gasteiger partial charge < -0.3 is 4.74 Å². The number of ketones is 1. The second-order valence-electron chi connectivity index (χ2n) is 3.23. The molecule has 11 heavy (non-hydrogen) atoms. The van der Waals surface area contributed by atoms with Crippen LogP contribution in [0.3, 0.4) is 0 Å². The van der Waals surface area contributed by atoms with Crippen molar-refractivity contribution in [2.45, 2.75) is 19.8 Å². The third kappa shape index (κ3) is 1.94. The lowest BCUT2D eigenvalue weighted by atomic mass is 9.79. The Balaban J connectivity index is 2.56. The van der Waals surface area contributed by atoms with Gasteiger partial charge in [-0.05, 0) is 12.8 Å². The number of Topliss-reactive ketones (excluding diaryl/α,β-unsaturated/α-hetero) is 1. The molecule has 0 atom stereocenters. The molecule has 0 aliphatic carbocycles. The van der Waals surface area contributed by atoms with Gasteiger partial charge >= 0.3 is 0 Å². The second-order valence-corrected chi connectivity index (χ2v) is 3.50. The van der Waals surface area contributed by atoms with Crippen LogP contribution in [-0.4, -0.2) is 24.9 Å². The Hall–Kier alpha value is -0.0800. The van der Waals surface area contributed by atoms with E-state index in [0.717, 1.165) is 12.8 Å². The van der Waals surface area contributed by atoms with Crippen LogP contribution in [0.4, 0.5) is 0 Å². The average molecular weight is 177 g/mol.